The number of ether oxygens (including phenoxy) is 1. The highest BCUT2D eigenvalue weighted by Gasteiger charge is 2.18. The maximum Gasteiger partial charge on any atom is 0.321 e. The summed E-state index contributed by atoms with van der Waals surface area (Å²) in [5.74, 6) is 0.643. The molecule has 0 saturated heterocycles. The van der Waals surface area contributed by atoms with E-state index in [1.807, 2.05) is 24.3 Å². The predicted octanol–water partition coefficient (Wildman–Crippen LogP) is 4.80. The summed E-state index contributed by atoms with van der Waals surface area (Å²) in [6, 6.07) is 14.4. The number of hydrogen-bond acceptors (Lipinski definition) is 2. The monoisotopic (exact) mass is 332 g/mol. The molecule has 0 aliphatic rings. The van der Waals surface area contributed by atoms with Gasteiger partial charge < -0.3 is 15.4 Å². The molecule has 0 unspecified atom stereocenters. The number of carbonyl (C=O) groups excluding carboxylic acids is 1. The Labute approximate surface area is 141 Å². The highest BCUT2D eigenvalue weighted by Crippen LogP contribution is 2.29. The third kappa shape index (κ3) is 5.18. The standard InChI is InChI=1S/C18H21ClN2O2/c1-18(2,3)15-6-4-5-7-16(15)21-17(22)20-12-23-14-10-8-13(19)9-11-14/h4-11H,12H2,1-3H3,(H2,20,21,22). The van der Waals surface area contributed by atoms with Gasteiger partial charge in [0.1, 0.15) is 5.75 Å². The van der Waals surface area contributed by atoms with Gasteiger partial charge in [-0.15, -0.1) is 0 Å². The molecule has 2 aromatic carbocycles. The normalized spacial score (nSPS) is 11.0. The van der Waals surface area contributed by atoms with Crippen molar-refractivity contribution in [3.8, 4) is 5.75 Å². The Bertz CT molecular complexity index is 663. The first-order valence-corrected chi connectivity index (χ1v) is 7.77. The maximum atomic E-state index is 12.0. The Kier molecular flexibility index (Phi) is 5.50. The zero-order valence-electron chi connectivity index (χ0n) is 13.5. The van der Waals surface area contributed by atoms with E-state index in [9.17, 15) is 4.79 Å². The van der Waals surface area contributed by atoms with Crippen LogP contribution in [0.4, 0.5) is 10.5 Å². The van der Waals surface area contributed by atoms with E-state index >= 15 is 0 Å². The molecule has 23 heavy (non-hydrogen) atoms. The van der Waals surface area contributed by atoms with Gasteiger partial charge in [0.25, 0.3) is 0 Å². The molecule has 0 aliphatic carbocycles. The number of anilines is 1. The van der Waals surface area contributed by atoms with Gasteiger partial charge in [-0.25, -0.2) is 4.79 Å². The number of carbonyl (C=O) groups is 1. The van der Waals surface area contributed by atoms with Crippen LogP contribution in [0.3, 0.4) is 0 Å². The maximum absolute atomic E-state index is 12.0. The number of benzene rings is 2. The Morgan fingerprint density at radius 2 is 1.74 bits per heavy atom. The number of halogens is 1. The van der Waals surface area contributed by atoms with Gasteiger partial charge in [-0.3, -0.25) is 0 Å². The smallest absolute Gasteiger partial charge is 0.321 e. The fourth-order valence-electron chi connectivity index (χ4n) is 2.13. The SMILES string of the molecule is CC(C)(C)c1ccccc1NC(=O)NCOc1ccc(Cl)cc1. The van der Waals surface area contributed by atoms with Crippen LogP contribution in [0.5, 0.6) is 5.75 Å². The molecule has 0 bridgehead atoms. The second-order valence-corrected chi connectivity index (χ2v) is 6.61. The number of urea groups is 1. The summed E-state index contributed by atoms with van der Waals surface area (Å²) >= 11 is 5.80. The molecule has 0 fully saturated rings. The van der Waals surface area contributed by atoms with E-state index in [-0.39, 0.29) is 18.2 Å². The highest BCUT2D eigenvalue weighted by molar-refractivity contribution is 6.30. The van der Waals surface area contributed by atoms with Gasteiger partial charge in [0.2, 0.25) is 0 Å². The van der Waals surface area contributed by atoms with Crippen molar-refractivity contribution in [1.82, 2.24) is 5.32 Å². The number of para-hydroxylation sites is 1. The molecule has 0 spiro atoms. The van der Waals surface area contributed by atoms with E-state index < -0.39 is 0 Å². The average Bonchev–Trinajstić information content (AvgIpc) is 2.49. The molecule has 2 rings (SSSR count). The molecule has 0 saturated carbocycles. The van der Waals surface area contributed by atoms with Crippen LogP contribution in [0.25, 0.3) is 0 Å². The van der Waals surface area contributed by atoms with Crippen molar-refractivity contribution >= 4 is 23.3 Å². The lowest BCUT2D eigenvalue weighted by atomic mass is 9.86. The topological polar surface area (TPSA) is 50.4 Å². The quantitative estimate of drug-likeness (QED) is 0.790. The number of amides is 2. The molecular formula is C18H21ClN2O2. The first-order valence-electron chi connectivity index (χ1n) is 7.39. The summed E-state index contributed by atoms with van der Waals surface area (Å²) in [6.45, 7) is 6.39. The second kappa shape index (κ2) is 7.38. The predicted molar refractivity (Wildman–Crippen MR) is 94.2 cm³/mol. The molecule has 2 amide bonds. The summed E-state index contributed by atoms with van der Waals surface area (Å²) in [6.07, 6.45) is 0. The van der Waals surface area contributed by atoms with Gasteiger partial charge in [0, 0.05) is 10.7 Å². The van der Waals surface area contributed by atoms with Crippen molar-refractivity contribution in [2.24, 2.45) is 0 Å². The van der Waals surface area contributed by atoms with Crippen molar-refractivity contribution in [2.45, 2.75) is 26.2 Å². The molecule has 0 radical (unpaired) electrons. The lowest BCUT2D eigenvalue weighted by Crippen LogP contribution is -2.32. The minimum absolute atomic E-state index is 0.0519. The van der Waals surface area contributed by atoms with E-state index in [1.165, 1.54) is 0 Å². The molecule has 0 atom stereocenters. The average molecular weight is 333 g/mol. The number of hydrogen-bond donors (Lipinski definition) is 2. The zero-order chi connectivity index (χ0) is 16.9. The van der Waals surface area contributed by atoms with Crippen LogP contribution < -0.4 is 15.4 Å². The first kappa shape index (κ1) is 17.2. The molecule has 2 aromatic rings. The van der Waals surface area contributed by atoms with Gasteiger partial charge in [-0.1, -0.05) is 50.6 Å². The van der Waals surface area contributed by atoms with E-state index in [0.29, 0.717) is 10.8 Å². The van der Waals surface area contributed by atoms with Crippen LogP contribution in [-0.4, -0.2) is 12.8 Å². The summed E-state index contributed by atoms with van der Waals surface area (Å²) in [5, 5.41) is 6.17. The highest BCUT2D eigenvalue weighted by atomic mass is 35.5. The fourth-order valence-corrected chi connectivity index (χ4v) is 2.25. The third-order valence-electron chi connectivity index (χ3n) is 3.27. The molecule has 4 nitrogen and oxygen atoms in total. The third-order valence-corrected chi connectivity index (χ3v) is 3.52. The van der Waals surface area contributed by atoms with Crippen molar-refractivity contribution in [3.05, 3.63) is 59.1 Å². The summed E-state index contributed by atoms with van der Waals surface area (Å²) in [7, 11) is 0. The largest absolute Gasteiger partial charge is 0.473 e. The molecule has 0 aliphatic heterocycles. The fraction of sp³-hybridized carbons (Fsp3) is 0.278. The summed E-state index contributed by atoms with van der Waals surface area (Å²) < 4.78 is 5.44. The zero-order valence-corrected chi connectivity index (χ0v) is 14.3. The van der Waals surface area contributed by atoms with Gasteiger partial charge >= 0.3 is 6.03 Å². The number of nitrogens with one attached hydrogen (secondary N) is 2. The minimum Gasteiger partial charge on any atom is -0.473 e. The summed E-state index contributed by atoms with van der Waals surface area (Å²) in [4.78, 5) is 12.0. The van der Waals surface area contributed by atoms with E-state index in [4.69, 9.17) is 16.3 Å². The molecule has 122 valence electrons. The van der Waals surface area contributed by atoms with Crippen molar-refractivity contribution in [2.75, 3.05) is 12.0 Å². The van der Waals surface area contributed by atoms with Crippen LogP contribution in [0.1, 0.15) is 26.3 Å². The van der Waals surface area contributed by atoms with Crippen molar-refractivity contribution in [1.29, 1.82) is 0 Å². The molecule has 0 aromatic heterocycles. The molecule has 0 heterocycles. The van der Waals surface area contributed by atoms with Crippen LogP contribution in [0.2, 0.25) is 5.02 Å². The minimum atomic E-state index is -0.310. The van der Waals surface area contributed by atoms with Gasteiger partial charge in [-0.2, -0.15) is 0 Å². The Balaban J connectivity index is 1.89. The lowest BCUT2D eigenvalue weighted by molar-refractivity contribution is 0.234. The van der Waals surface area contributed by atoms with Crippen molar-refractivity contribution in [3.63, 3.8) is 0 Å². The summed E-state index contributed by atoms with van der Waals surface area (Å²) in [5.41, 5.74) is 1.82. The second-order valence-electron chi connectivity index (χ2n) is 6.17. The van der Waals surface area contributed by atoms with Crippen LogP contribution >= 0.6 is 11.6 Å². The molecular weight excluding hydrogens is 312 g/mol. The molecule has 2 N–H and O–H groups in total. The van der Waals surface area contributed by atoms with Gasteiger partial charge in [0.15, 0.2) is 6.73 Å². The van der Waals surface area contributed by atoms with Gasteiger partial charge in [-0.05, 0) is 41.3 Å². The van der Waals surface area contributed by atoms with E-state index in [2.05, 4.69) is 31.4 Å². The Hall–Kier alpha value is -2.20. The Morgan fingerprint density at radius 3 is 2.39 bits per heavy atom. The Morgan fingerprint density at radius 1 is 1.09 bits per heavy atom. The lowest BCUT2D eigenvalue weighted by Gasteiger charge is -2.23. The van der Waals surface area contributed by atoms with Crippen LogP contribution in [-0.2, 0) is 5.41 Å². The van der Waals surface area contributed by atoms with Gasteiger partial charge in [0.05, 0.1) is 0 Å². The van der Waals surface area contributed by atoms with Crippen LogP contribution in [0.15, 0.2) is 48.5 Å². The number of rotatable bonds is 4. The van der Waals surface area contributed by atoms with E-state index in [0.717, 1.165) is 11.3 Å². The van der Waals surface area contributed by atoms with Crippen LogP contribution in [0, 0.1) is 0 Å². The van der Waals surface area contributed by atoms with Crippen molar-refractivity contribution < 1.29 is 9.53 Å². The first-order chi connectivity index (χ1) is 10.9. The molecule has 5 heteroatoms. The van der Waals surface area contributed by atoms with E-state index in [1.54, 1.807) is 24.3 Å².